The van der Waals surface area contributed by atoms with Gasteiger partial charge >= 0.3 is 0 Å². The third-order valence-corrected chi connectivity index (χ3v) is 3.12. The zero-order valence-electron chi connectivity index (χ0n) is 8.63. The molecule has 1 aromatic rings. The van der Waals surface area contributed by atoms with Crippen LogP contribution < -0.4 is 5.32 Å². The topological polar surface area (TPSA) is 24.9 Å². The van der Waals surface area contributed by atoms with Crippen molar-refractivity contribution < 1.29 is 0 Å². The van der Waals surface area contributed by atoms with Crippen LogP contribution in [0.5, 0.6) is 0 Å². The number of thiazole rings is 1. The fourth-order valence-electron chi connectivity index (χ4n) is 1.11. The van der Waals surface area contributed by atoms with E-state index in [-0.39, 0.29) is 0 Å². The highest BCUT2D eigenvalue weighted by Crippen LogP contribution is 2.17. The van der Waals surface area contributed by atoms with E-state index in [0.717, 1.165) is 6.42 Å². The molecule has 0 saturated heterocycles. The van der Waals surface area contributed by atoms with Crippen molar-refractivity contribution in [2.24, 2.45) is 0 Å². The second kappa shape index (κ2) is 5.35. The Balaban J connectivity index is 2.53. The molecule has 0 aliphatic heterocycles. The molecule has 3 heteroatoms. The Bertz CT molecular complexity index is 245. The predicted octanol–water partition coefficient (Wildman–Crippen LogP) is 2.77. The first-order valence-corrected chi connectivity index (χ1v) is 5.77. The summed E-state index contributed by atoms with van der Waals surface area (Å²) in [6, 6.07) is 0.381. The van der Waals surface area contributed by atoms with Gasteiger partial charge < -0.3 is 5.32 Å². The molecular formula is C10H18N2S. The van der Waals surface area contributed by atoms with E-state index < -0.39 is 0 Å². The Kier molecular flexibility index (Phi) is 4.39. The number of hydrogen-bond acceptors (Lipinski definition) is 3. The van der Waals surface area contributed by atoms with Crippen LogP contribution in [-0.2, 0) is 6.42 Å². The van der Waals surface area contributed by atoms with Crippen molar-refractivity contribution >= 4 is 11.3 Å². The van der Waals surface area contributed by atoms with Gasteiger partial charge in [-0.25, -0.2) is 4.98 Å². The van der Waals surface area contributed by atoms with Crippen LogP contribution in [0.25, 0.3) is 0 Å². The Hall–Kier alpha value is -0.410. The van der Waals surface area contributed by atoms with Gasteiger partial charge in [0, 0.05) is 11.4 Å². The molecule has 0 radical (unpaired) electrons. The molecule has 1 atom stereocenters. The molecule has 0 fully saturated rings. The summed E-state index contributed by atoms with van der Waals surface area (Å²) in [5.74, 6) is 0. The van der Waals surface area contributed by atoms with Crippen molar-refractivity contribution in [1.29, 1.82) is 0 Å². The molecule has 1 N–H and O–H groups in total. The highest BCUT2D eigenvalue weighted by molar-refractivity contribution is 7.09. The van der Waals surface area contributed by atoms with Gasteiger partial charge in [-0.05, 0) is 26.8 Å². The van der Waals surface area contributed by atoms with Crippen molar-refractivity contribution in [3.63, 3.8) is 0 Å². The Morgan fingerprint density at radius 2 is 2.38 bits per heavy atom. The monoisotopic (exact) mass is 198 g/mol. The lowest BCUT2D eigenvalue weighted by atomic mass is 10.2. The molecule has 0 amide bonds. The normalized spacial score (nSPS) is 13.2. The minimum atomic E-state index is 0.381. The highest BCUT2D eigenvalue weighted by atomic mass is 32.1. The number of unbranched alkanes of at least 4 members (excludes halogenated alkanes) is 1. The number of aryl methyl sites for hydroxylation is 1. The van der Waals surface area contributed by atoms with Crippen molar-refractivity contribution in [2.45, 2.75) is 39.2 Å². The van der Waals surface area contributed by atoms with Crippen LogP contribution in [0.4, 0.5) is 0 Å². The van der Waals surface area contributed by atoms with Gasteiger partial charge in [-0.1, -0.05) is 13.3 Å². The summed E-state index contributed by atoms with van der Waals surface area (Å²) in [6.45, 7) is 4.35. The van der Waals surface area contributed by atoms with Crippen molar-refractivity contribution in [3.8, 4) is 0 Å². The van der Waals surface area contributed by atoms with Crippen molar-refractivity contribution in [3.05, 3.63) is 16.1 Å². The van der Waals surface area contributed by atoms with Crippen LogP contribution >= 0.6 is 11.3 Å². The summed E-state index contributed by atoms with van der Waals surface area (Å²) in [7, 11) is 1.97. The molecular weight excluding hydrogens is 180 g/mol. The van der Waals surface area contributed by atoms with Crippen LogP contribution in [0.1, 0.15) is 43.4 Å². The van der Waals surface area contributed by atoms with Crippen LogP contribution in [-0.4, -0.2) is 12.0 Å². The summed E-state index contributed by atoms with van der Waals surface area (Å²) < 4.78 is 0. The van der Waals surface area contributed by atoms with E-state index in [2.05, 4.69) is 29.5 Å². The van der Waals surface area contributed by atoms with Crippen molar-refractivity contribution in [1.82, 2.24) is 10.3 Å². The highest BCUT2D eigenvalue weighted by Gasteiger charge is 2.06. The number of nitrogens with zero attached hydrogens (tertiary/aromatic N) is 1. The number of aromatic nitrogens is 1. The first-order chi connectivity index (χ1) is 6.27. The maximum Gasteiger partial charge on any atom is 0.0928 e. The molecule has 0 saturated carbocycles. The lowest BCUT2D eigenvalue weighted by Crippen LogP contribution is -2.12. The summed E-state index contributed by atoms with van der Waals surface area (Å²) in [5, 5.41) is 6.63. The second-order valence-electron chi connectivity index (χ2n) is 3.28. The summed E-state index contributed by atoms with van der Waals surface area (Å²) >= 11 is 1.78. The molecule has 0 aliphatic carbocycles. The largest absolute Gasteiger partial charge is 0.312 e. The molecule has 0 spiro atoms. The number of nitrogens with one attached hydrogen (secondary N) is 1. The predicted molar refractivity (Wildman–Crippen MR) is 58.2 cm³/mol. The molecule has 74 valence electrons. The number of rotatable bonds is 5. The van der Waals surface area contributed by atoms with E-state index in [9.17, 15) is 0 Å². The SMILES string of the molecule is CCCCc1nc(C(C)NC)cs1. The maximum atomic E-state index is 4.57. The van der Waals surface area contributed by atoms with Crippen LogP contribution in [0.2, 0.25) is 0 Å². The van der Waals surface area contributed by atoms with Crippen LogP contribution in [0.3, 0.4) is 0 Å². The van der Waals surface area contributed by atoms with E-state index >= 15 is 0 Å². The quantitative estimate of drug-likeness (QED) is 0.787. The van der Waals surface area contributed by atoms with Gasteiger partial charge in [-0.3, -0.25) is 0 Å². The minimum Gasteiger partial charge on any atom is -0.312 e. The fourth-order valence-corrected chi connectivity index (χ4v) is 2.05. The Morgan fingerprint density at radius 3 is 3.00 bits per heavy atom. The van der Waals surface area contributed by atoms with Gasteiger partial charge in [-0.15, -0.1) is 11.3 Å². The fraction of sp³-hybridized carbons (Fsp3) is 0.700. The van der Waals surface area contributed by atoms with Gasteiger partial charge in [0.15, 0.2) is 0 Å². The Morgan fingerprint density at radius 1 is 1.62 bits per heavy atom. The van der Waals surface area contributed by atoms with Crippen molar-refractivity contribution in [2.75, 3.05) is 7.05 Å². The van der Waals surface area contributed by atoms with E-state index in [1.54, 1.807) is 11.3 Å². The van der Waals surface area contributed by atoms with Gasteiger partial charge in [0.05, 0.1) is 10.7 Å². The van der Waals surface area contributed by atoms with E-state index in [0.29, 0.717) is 6.04 Å². The summed E-state index contributed by atoms with van der Waals surface area (Å²) in [6.07, 6.45) is 3.63. The van der Waals surface area contributed by atoms with E-state index in [1.165, 1.54) is 23.5 Å². The van der Waals surface area contributed by atoms with Gasteiger partial charge in [0.25, 0.3) is 0 Å². The maximum absolute atomic E-state index is 4.57. The van der Waals surface area contributed by atoms with Gasteiger partial charge in [0.2, 0.25) is 0 Å². The lowest BCUT2D eigenvalue weighted by molar-refractivity contribution is 0.633. The Labute approximate surface area is 84.4 Å². The minimum absolute atomic E-state index is 0.381. The van der Waals surface area contributed by atoms with E-state index in [1.807, 2.05) is 7.05 Å². The summed E-state index contributed by atoms with van der Waals surface area (Å²) in [4.78, 5) is 4.57. The van der Waals surface area contributed by atoms with Crippen LogP contribution in [0.15, 0.2) is 5.38 Å². The number of hydrogen-bond donors (Lipinski definition) is 1. The van der Waals surface area contributed by atoms with E-state index in [4.69, 9.17) is 0 Å². The molecule has 0 aliphatic rings. The molecule has 0 bridgehead atoms. The molecule has 13 heavy (non-hydrogen) atoms. The van der Waals surface area contributed by atoms with Gasteiger partial charge in [0.1, 0.15) is 0 Å². The summed E-state index contributed by atoms with van der Waals surface area (Å²) in [5.41, 5.74) is 1.18. The molecule has 1 heterocycles. The molecule has 0 aromatic carbocycles. The average molecular weight is 198 g/mol. The molecule has 1 aromatic heterocycles. The zero-order valence-corrected chi connectivity index (χ0v) is 9.45. The molecule has 1 rings (SSSR count). The lowest BCUT2D eigenvalue weighted by Gasteiger charge is -2.04. The second-order valence-corrected chi connectivity index (χ2v) is 4.22. The first kappa shape index (κ1) is 10.7. The standard InChI is InChI=1S/C10H18N2S/c1-4-5-6-10-12-9(7-13-10)8(2)11-3/h7-8,11H,4-6H2,1-3H3. The third-order valence-electron chi connectivity index (χ3n) is 2.19. The van der Waals surface area contributed by atoms with Gasteiger partial charge in [-0.2, -0.15) is 0 Å². The first-order valence-electron chi connectivity index (χ1n) is 4.89. The average Bonchev–Trinajstić information content (AvgIpc) is 2.62. The smallest absolute Gasteiger partial charge is 0.0928 e. The zero-order chi connectivity index (χ0) is 9.68. The third kappa shape index (κ3) is 3.08. The molecule has 1 unspecified atom stereocenters. The van der Waals surface area contributed by atoms with Crippen LogP contribution in [0, 0.1) is 0 Å². The molecule has 2 nitrogen and oxygen atoms in total.